The highest BCUT2D eigenvalue weighted by Gasteiger charge is 2.42. The van der Waals surface area contributed by atoms with Gasteiger partial charge in [0.15, 0.2) is 0 Å². The Kier molecular flexibility index (Phi) is 8.15. The van der Waals surface area contributed by atoms with E-state index in [2.05, 4.69) is 15.9 Å². The summed E-state index contributed by atoms with van der Waals surface area (Å²) in [6.45, 7) is 5.90. The van der Waals surface area contributed by atoms with Crippen molar-refractivity contribution in [2.45, 2.75) is 31.8 Å². The van der Waals surface area contributed by atoms with Crippen molar-refractivity contribution < 1.29 is 28.1 Å². The molecule has 0 bridgehead atoms. The third-order valence-electron chi connectivity index (χ3n) is 2.94. The Balaban J connectivity index is 0.00000139. The molecule has 0 unspecified atom stereocenters. The average molecular weight is 443 g/mol. The quantitative estimate of drug-likeness (QED) is 0.372. The standard InChI is InChI=1S/C13H12BrF2O4PS.C2H6/c1-2-20-12(17)11-4-7-3-9(13(15,16)21(18)19)8(6-14)5-10(7)22-11;1-2/h3-5,18-19H,2,6H2,1H3;1-2H3. The van der Waals surface area contributed by atoms with Crippen molar-refractivity contribution in [1.29, 1.82) is 0 Å². The number of hydrogen-bond acceptors (Lipinski definition) is 5. The average Bonchev–Trinajstić information content (AvgIpc) is 2.98. The molecule has 1 heterocycles. The zero-order valence-electron chi connectivity index (χ0n) is 13.3. The Bertz CT molecular complexity index is 706. The highest BCUT2D eigenvalue weighted by Crippen LogP contribution is 2.54. The Morgan fingerprint density at radius 3 is 2.46 bits per heavy atom. The smallest absolute Gasteiger partial charge is 0.348 e. The van der Waals surface area contributed by atoms with Gasteiger partial charge in [0.05, 0.1) is 6.61 Å². The van der Waals surface area contributed by atoms with Crippen LogP contribution in [0.2, 0.25) is 0 Å². The minimum Gasteiger partial charge on any atom is -0.462 e. The summed E-state index contributed by atoms with van der Waals surface area (Å²) in [6.07, 6.45) is 0. The minimum absolute atomic E-state index is 0.129. The third-order valence-corrected chi connectivity index (χ3v) is 5.36. The molecule has 0 aliphatic rings. The molecular weight excluding hydrogens is 425 g/mol. The molecule has 4 nitrogen and oxygen atoms in total. The third kappa shape index (κ3) is 4.49. The number of benzene rings is 1. The van der Waals surface area contributed by atoms with Crippen molar-refractivity contribution in [3.63, 3.8) is 0 Å². The lowest BCUT2D eigenvalue weighted by Crippen LogP contribution is -2.13. The van der Waals surface area contributed by atoms with Crippen LogP contribution in [0.4, 0.5) is 8.78 Å². The molecule has 2 rings (SSSR count). The lowest BCUT2D eigenvalue weighted by Gasteiger charge is -2.20. The van der Waals surface area contributed by atoms with Gasteiger partial charge < -0.3 is 14.5 Å². The van der Waals surface area contributed by atoms with E-state index >= 15 is 0 Å². The zero-order valence-corrected chi connectivity index (χ0v) is 16.6. The normalized spacial score (nSPS) is 11.4. The van der Waals surface area contributed by atoms with Crippen LogP contribution in [0, 0.1) is 0 Å². The number of alkyl halides is 3. The molecule has 24 heavy (non-hydrogen) atoms. The molecule has 0 atom stereocenters. The topological polar surface area (TPSA) is 66.8 Å². The summed E-state index contributed by atoms with van der Waals surface area (Å²) in [6, 6.07) is 4.17. The monoisotopic (exact) mass is 442 g/mol. The molecule has 2 N–H and O–H groups in total. The van der Waals surface area contributed by atoms with Crippen LogP contribution in [-0.2, 0) is 15.7 Å². The molecule has 0 aliphatic heterocycles. The SMILES string of the molecule is CC.CCOC(=O)c1cc2cc(C(F)(F)P(O)O)c(CBr)cc2s1. The van der Waals surface area contributed by atoms with Gasteiger partial charge in [0.1, 0.15) is 4.88 Å². The lowest BCUT2D eigenvalue weighted by atomic mass is 10.1. The first kappa shape index (κ1) is 21.4. The van der Waals surface area contributed by atoms with Crippen LogP contribution in [0.1, 0.15) is 41.6 Å². The van der Waals surface area contributed by atoms with Crippen molar-refractivity contribution in [2.24, 2.45) is 0 Å². The lowest BCUT2D eigenvalue weighted by molar-refractivity contribution is 0.0532. The second-order valence-corrected chi connectivity index (χ2v) is 7.13. The van der Waals surface area contributed by atoms with Gasteiger partial charge in [0.25, 0.3) is 0 Å². The number of esters is 1. The second-order valence-electron chi connectivity index (χ2n) is 4.34. The number of rotatable bonds is 5. The van der Waals surface area contributed by atoms with E-state index in [1.54, 1.807) is 6.92 Å². The maximum Gasteiger partial charge on any atom is 0.348 e. The van der Waals surface area contributed by atoms with Crippen LogP contribution < -0.4 is 0 Å². The van der Waals surface area contributed by atoms with E-state index in [1.807, 2.05) is 13.8 Å². The van der Waals surface area contributed by atoms with E-state index in [0.717, 1.165) is 11.3 Å². The van der Waals surface area contributed by atoms with Gasteiger partial charge in [-0.1, -0.05) is 29.8 Å². The summed E-state index contributed by atoms with van der Waals surface area (Å²) in [5.41, 5.74) is -3.95. The maximum absolute atomic E-state index is 14.0. The van der Waals surface area contributed by atoms with Crippen LogP contribution in [0.25, 0.3) is 10.1 Å². The second kappa shape index (κ2) is 9.15. The molecule has 2 aromatic rings. The van der Waals surface area contributed by atoms with E-state index in [4.69, 9.17) is 14.5 Å². The van der Waals surface area contributed by atoms with Crippen molar-refractivity contribution in [3.8, 4) is 0 Å². The van der Waals surface area contributed by atoms with Crippen molar-refractivity contribution >= 4 is 51.7 Å². The van der Waals surface area contributed by atoms with Crippen LogP contribution in [-0.4, -0.2) is 22.4 Å². The first-order chi connectivity index (χ1) is 11.3. The molecule has 0 amide bonds. The molecule has 0 fully saturated rings. The van der Waals surface area contributed by atoms with Gasteiger partial charge in [-0.2, -0.15) is 8.78 Å². The molecule has 0 spiro atoms. The Hall–Kier alpha value is -0.660. The Morgan fingerprint density at radius 1 is 1.33 bits per heavy atom. The van der Waals surface area contributed by atoms with Crippen LogP contribution in [0.3, 0.4) is 0 Å². The molecule has 1 aromatic heterocycles. The number of halogens is 3. The molecule has 0 saturated heterocycles. The highest BCUT2D eigenvalue weighted by atomic mass is 79.9. The van der Waals surface area contributed by atoms with Gasteiger partial charge in [-0.05, 0) is 36.1 Å². The van der Waals surface area contributed by atoms with Gasteiger partial charge >= 0.3 is 11.6 Å². The fourth-order valence-corrected chi connectivity index (χ4v) is 3.82. The molecule has 0 aliphatic carbocycles. The number of ether oxygens (including phenoxy) is 1. The summed E-state index contributed by atoms with van der Waals surface area (Å²) in [5.74, 6) is -0.510. The molecule has 9 heteroatoms. The van der Waals surface area contributed by atoms with Crippen LogP contribution in [0.5, 0.6) is 0 Å². The summed E-state index contributed by atoms with van der Waals surface area (Å²) in [5, 5.41) is 0.563. The first-order valence-corrected chi connectivity index (χ1v) is 10.4. The van der Waals surface area contributed by atoms with Gasteiger partial charge in [0, 0.05) is 15.6 Å². The maximum atomic E-state index is 14.0. The van der Waals surface area contributed by atoms with E-state index in [9.17, 15) is 13.6 Å². The molecule has 0 radical (unpaired) electrons. The van der Waals surface area contributed by atoms with Crippen LogP contribution >= 0.6 is 35.6 Å². The Labute approximate surface area is 152 Å². The Morgan fingerprint density at radius 2 is 1.96 bits per heavy atom. The van der Waals surface area contributed by atoms with Gasteiger partial charge in [0.2, 0.25) is 8.38 Å². The number of hydrogen-bond donors (Lipinski definition) is 2. The fourth-order valence-electron chi connectivity index (χ4n) is 1.93. The van der Waals surface area contributed by atoms with E-state index in [-0.39, 0.29) is 17.5 Å². The zero-order chi connectivity index (χ0) is 18.5. The minimum atomic E-state index is -3.74. The highest BCUT2D eigenvalue weighted by molar-refractivity contribution is 9.08. The van der Waals surface area contributed by atoms with Crippen molar-refractivity contribution in [1.82, 2.24) is 0 Å². The predicted octanol–water partition coefficient (Wildman–Crippen LogP) is 5.34. The first-order valence-electron chi connectivity index (χ1n) is 7.17. The summed E-state index contributed by atoms with van der Waals surface area (Å²) < 4.78 is 33.5. The van der Waals surface area contributed by atoms with Gasteiger partial charge in [-0.25, -0.2) is 4.79 Å². The van der Waals surface area contributed by atoms with E-state index < -0.39 is 25.6 Å². The number of fused-ring (bicyclic) bond motifs is 1. The number of carbonyl (C=O) groups is 1. The molecule has 0 saturated carbocycles. The molecule has 134 valence electrons. The number of carbonyl (C=O) groups excluding carboxylic acids is 1. The largest absolute Gasteiger partial charge is 0.462 e. The molecular formula is C15H18BrF2O4PS. The van der Waals surface area contributed by atoms with Gasteiger partial charge in [-0.3, -0.25) is 0 Å². The van der Waals surface area contributed by atoms with Crippen molar-refractivity contribution in [3.05, 3.63) is 34.2 Å². The van der Waals surface area contributed by atoms with Crippen LogP contribution in [0.15, 0.2) is 18.2 Å². The van der Waals surface area contributed by atoms with E-state index in [0.29, 0.717) is 15.0 Å². The van der Waals surface area contributed by atoms with Crippen molar-refractivity contribution in [2.75, 3.05) is 6.61 Å². The summed E-state index contributed by atoms with van der Waals surface area (Å²) >= 11 is 4.26. The summed E-state index contributed by atoms with van der Waals surface area (Å²) in [7, 11) is -3.45. The van der Waals surface area contributed by atoms with E-state index in [1.165, 1.54) is 18.2 Å². The number of thiophene rings is 1. The predicted molar refractivity (Wildman–Crippen MR) is 97.0 cm³/mol. The molecule has 1 aromatic carbocycles. The fraction of sp³-hybridized carbons (Fsp3) is 0.400. The van der Waals surface area contributed by atoms with Gasteiger partial charge in [-0.15, -0.1) is 11.3 Å². The summed E-state index contributed by atoms with van der Waals surface area (Å²) in [4.78, 5) is 30.0.